The Morgan fingerprint density at radius 3 is 2.75 bits per heavy atom. The van der Waals surface area contributed by atoms with E-state index in [0.29, 0.717) is 17.7 Å². The van der Waals surface area contributed by atoms with Gasteiger partial charge in [-0.1, -0.05) is 44.8 Å². The Morgan fingerprint density at radius 1 is 1.45 bits per heavy atom. The number of amides is 1. The van der Waals surface area contributed by atoms with Crippen molar-refractivity contribution in [1.82, 2.24) is 5.16 Å². The highest BCUT2D eigenvalue weighted by atomic mass is 16.5. The summed E-state index contributed by atoms with van der Waals surface area (Å²) in [6.07, 6.45) is 8.30. The van der Waals surface area contributed by atoms with Crippen LogP contribution in [0, 0.1) is 5.92 Å². The van der Waals surface area contributed by atoms with Crippen molar-refractivity contribution in [3.63, 3.8) is 0 Å². The number of anilines is 1. The summed E-state index contributed by atoms with van der Waals surface area (Å²) in [4.78, 5) is 11.5. The highest BCUT2D eigenvalue weighted by molar-refractivity contribution is 5.98. The molecule has 20 heavy (non-hydrogen) atoms. The van der Waals surface area contributed by atoms with Crippen LogP contribution in [-0.4, -0.2) is 11.1 Å². The normalized spacial score (nSPS) is 16.4. The maximum Gasteiger partial charge on any atom is 0.250 e. The molecular formula is C16H24N2O2. The lowest BCUT2D eigenvalue weighted by Gasteiger charge is -2.20. The van der Waals surface area contributed by atoms with E-state index in [4.69, 9.17) is 4.52 Å². The summed E-state index contributed by atoms with van der Waals surface area (Å²) >= 11 is 0. The van der Waals surface area contributed by atoms with Gasteiger partial charge in [0.1, 0.15) is 0 Å². The summed E-state index contributed by atoms with van der Waals surface area (Å²) in [6.45, 7) is 7.80. The average molecular weight is 276 g/mol. The van der Waals surface area contributed by atoms with E-state index in [1.54, 1.807) is 0 Å². The van der Waals surface area contributed by atoms with Gasteiger partial charge in [-0.25, -0.2) is 0 Å². The standard InChI is InChI=1S/C16H24N2O2/c1-4-14(19)17-16-13(10-11(2)3)15(18-20-16)12-8-6-5-7-9-12/h4,11-12H,1,5-10H2,2-3H3,(H,17,19). The highest BCUT2D eigenvalue weighted by Gasteiger charge is 2.26. The monoisotopic (exact) mass is 276 g/mol. The van der Waals surface area contributed by atoms with E-state index in [2.05, 4.69) is 30.9 Å². The van der Waals surface area contributed by atoms with Crippen LogP contribution in [0.1, 0.15) is 63.1 Å². The number of rotatable bonds is 5. The maximum atomic E-state index is 11.5. The zero-order valence-corrected chi connectivity index (χ0v) is 12.4. The van der Waals surface area contributed by atoms with E-state index >= 15 is 0 Å². The Morgan fingerprint density at radius 2 is 2.15 bits per heavy atom. The summed E-state index contributed by atoms with van der Waals surface area (Å²) in [5.74, 6) is 1.23. The van der Waals surface area contributed by atoms with Crippen LogP contribution < -0.4 is 5.32 Å². The molecule has 1 aliphatic rings. The van der Waals surface area contributed by atoms with Crippen LogP contribution in [0.4, 0.5) is 5.88 Å². The smallest absolute Gasteiger partial charge is 0.250 e. The molecule has 1 N–H and O–H groups in total. The molecule has 1 aromatic rings. The van der Waals surface area contributed by atoms with Crippen LogP contribution in [-0.2, 0) is 11.2 Å². The number of aromatic nitrogens is 1. The molecule has 1 fully saturated rings. The van der Waals surface area contributed by atoms with Gasteiger partial charge >= 0.3 is 0 Å². The van der Waals surface area contributed by atoms with Gasteiger partial charge < -0.3 is 4.52 Å². The number of hydrogen-bond donors (Lipinski definition) is 1. The summed E-state index contributed by atoms with van der Waals surface area (Å²) in [5, 5.41) is 7.00. The molecule has 1 heterocycles. The second kappa shape index (κ2) is 6.73. The molecule has 0 saturated heterocycles. The number of carbonyl (C=O) groups is 1. The first kappa shape index (κ1) is 14.8. The third kappa shape index (κ3) is 3.50. The summed E-state index contributed by atoms with van der Waals surface area (Å²) in [6, 6.07) is 0. The Labute approximate surface area is 120 Å². The molecule has 4 nitrogen and oxygen atoms in total. The zero-order chi connectivity index (χ0) is 14.5. The summed E-state index contributed by atoms with van der Waals surface area (Å²) < 4.78 is 5.39. The van der Waals surface area contributed by atoms with E-state index in [1.165, 1.54) is 38.2 Å². The van der Waals surface area contributed by atoms with Crippen molar-refractivity contribution in [3.05, 3.63) is 23.9 Å². The minimum absolute atomic E-state index is 0.249. The molecule has 4 heteroatoms. The fourth-order valence-corrected chi connectivity index (χ4v) is 2.88. The van der Waals surface area contributed by atoms with Crippen LogP contribution in [0.3, 0.4) is 0 Å². The lowest BCUT2D eigenvalue weighted by Crippen LogP contribution is -2.12. The van der Waals surface area contributed by atoms with Gasteiger partial charge in [0.15, 0.2) is 0 Å². The van der Waals surface area contributed by atoms with Crippen molar-refractivity contribution in [3.8, 4) is 0 Å². The van der Waals surface area contributed by atoms with E-state index in [-0.39, 0.29) is 5.91 Å². The predicted octanol–water partition coefficient (Wildman–Crippen LogP) is 4.05. The van der Waals surface area contributed by atoms with E-state index in [9.17, 15) is 4.79 Å². The Kier molecular flexibility index (Phi) is 4.99. The Balaban J connectivity index is 2.25. The molecule has 1 saturated carbocycles. The van der Waals surface area contributed by atoms with Gasteiger partial charge in [0.2, 0.25) is 11.8 Å². The number of nitrogens with zero attached hydrogens (tertiary/aromatic N) is 1. The van der Waals surface area contributed by atoms with Crippen molar-refractivity contribution in [2.24, 2.45) is 5.92 Å². The molecule has 0 aliphatic heterocycles. The zero-order valence-electron chi connectivity index (χ0n) is 12.4. The van der Waals surface area contributed by atoms with E-state index in [0.717, 1.165) is 17.7 Å². The molecule has 0 aromatic carbocycles. The van der Waals surface area contributed by atoms with Gasteiger partial charge in [0.05, 0.1) is 5.69 Å². The van der Waals surface area contributed by atoms with Crippen molar-refractivity contribution < 1.29 is 9.32 Å². The first-order chi connectivity index (χ1) is 9.61. The molecule has 0 radical (unpaired) electrons. The average Bonchev–Trinajstić information content (AvgIpc) is 2.82. The molecule has 110 valence electrons. The second-order valence-corrected chi connectivity index (χ2v) is 6.00. The molecular weight excluding hydrogens is 252 g/mol. The third-order valence-corrected chi connectivity index (χ3v) is 3.84. The Hall–Kier alpha value is -1.58. The summed E-state index contributed by atoms with van der Waals surface area (Å²) in [5.41, 5.74) is 2.12. The number of nitrogens with one attached hydrogen (secondary N) is 1. The first-order valence-corrected chi connectivity index (χ1v) is 7.53. The minimum Gasteiger partial charge on any atom is -0.338 e. The van der Waals surface area contributed by atoms with Gasteiger partial charge in [0.25, 0.3) is 0 Å². The SMILES string of the molecule is C=CC(=O)Nc1onc(C2CCCCC2)c1CC(C)C. The van der Waals surface area contributed by atoms with Gasteiger partial charge in [-0.3, -0.25) is 10.1 Å². The summed E-state index contributed by atoms with van der Waals surface area (Å²) in [7, 11) is 0. The van der Waals surface area contributed by atoms with Gasteiger partial charge in [-0.05, 0) is 31.3 Å². The van der Waals surface area contributed by atoms with Crippen LogP contribution in [0.5, 0.6) is 0 Å². The largest absolute Gasteiger partial charge is 0.338 e. The molecule has 0 atom stereocenters. The third-order valence-electron chi connectivity index (χ3n) is 3.84. The van der Waals surface area contributed by atoms with Crippen LogP contribution in [0.25, 0.3) is 0 Å². The Bertz CT molecular complexity index is 471. The number of hydrogen-bond acceptors (Lipinski definition) is 3. The predicted molar refractivity (Wildman–Crippen MR) is 79.7 cm³/mol. The highest BCUT2D eigenvalue weighted by Crippen LogP contribution is 2.37. The molecule has 0 spiro atoms. The molecule has 0 bridgehead atoms. The molecule has 1 amide bonds. The van der Waals surface area contributed by atoms with Crippen molar-refractivity contribution in [2.75, 3.05) is 5.32 Å². The van der Waals surface area contributed by atoms with Crippen LogP contribution in [0.15, 0.2) is 17.2 Å². The molecule has 0 unspecified atom stereocenters. The minimum atomic E-state index is -0.249. The van der Waals surface area contributed by atoms with Crippen LogP contribution in [0.2, 0.25) is 0 Å². The van der Waals surface area contributed by atoms with Gasteiger partial charge in [-0.2, -0.15) is 0 Å². The fraction of sp³-hybridized carbons (Fsp3) is 0.625. The molecule has 2 rings (SSSR count). The molecule has 1 aliphatic carbocycles. The number of carbonyl (C=O) groups excluding carboxylic acids is 1. The first-order valence-electron chi connectivity index (χ1n) is 7.53. The quantitative estimate of drug-likeness (QED) is 0.825. The lowest BCUT2D eigenvalue weighted by molar-refractivity contribution is -0.112. The lowest BCUT2D eigenvalue weighted by atomic mass is 9.84. The molecule has 1 aromatic heterocycles. The fourth-order valence-electron chi connectivity index (χ4n) is 2.88. The van der Waals surface area contributed by atoms with Crippen LogP contribution >= 0.6 is 0 Å². The maximum absolute atomic E-state index is 11.5. The van der Waals surface area contributed by atoms with Crippen molar-refractivity contribution >= 4 is 11.8 Å². The topological polar surface area (TPSA) is 55.1 Å². The van der Waals surface area contributed by atoms with Gasteiger partial charge in [0, 0.05) is 11.5 Å². The van der Waals surface area contributed by atoms with Gasteiger partial charge in [-0.15, -0.1) is 0 Å². The van der Waals surface area contributed by atoms with E-state index < -0.39 is 0 Å². The van der Waals surface area contributed by atoms with E-state index in [1.807, 2.05) is 0 Å². The van der Waals surface area contributed by atoms with Crippen molar-refractivity contribution in [2.45, 2.75) is 58.3 Å². The van der Waals surface area contributed by atoms with Crippen molar-refractivity contribution in [1.29, 1.82) is 0 Å². The second-order valence-electron chi connectivity index (χ2n) is 6.00.